The van der Waals surface area contributed by atoms with Gasteiger partial charge in [0.25, 0.3) is 11.9 Å². The maximum atomic E-state index is 15.5. The van der Waals surface area contributed by atoms with Crippen LogP contribution in [0.15, 0.2) is 151 Å². The number of nitrogens with zero attached hydrogens (tertiary/aromatic N) is 1. The highest BCUT2D eigenvalue weighted by atomic mass is 19.1. The van der Waals surface area contributed by atoms with Gasteiger partial charge in [-0.25, -0.2) is 9.38 Å². The summed E-state index contributed by atoms with van der Waals surface area (Å²) < 4.78 is 35.1. The van der Waals surface area contributed by atoms with Crippen LogP contribution in [0.1, 0.15) is 32.6 Å². The van der Waals surface area contributed by atoms with Crippen molar-refractivity contribution in [2.24, 2.45) is 10.9 Å². The van der Waals surface area contributed by atoms with Gasteiger partial charge >= 0.3 is 0 Å². The van der Waals surface area contributed by atoms with Crippen LogP contribution in [0.4, 0.5) is 4.39 Å². The van der Waals surface area contributed by atoms with E-state index >= 15 is 4.39 Å². The molecule has 2 aliphatic heterocycles. The fraction of sp³-hybridized carbons (Fsp3) is 0.179. The number of hydrogen-bond acceptors (Lipinski definition) is 5. The van der Waals surface area contributed by atoms with Gasteiger partial charge in [-0.15, -0.1) is 0 Å². The number of hydrogen-bond donors (Lipinski definition) is 1. The van der Waals surface area contributed by atoms with Crippen LogP contribution in [-0.2, 0) is 25.4 Å². The van der Waals surface area contributed by atoms with Gasteiger partial charge in [-0.05, 0) is 34.9 Å². The number of carbonyl (C=O) groups excluding carboxylic acids is 1. The Kier molecular flexibility index (Phi) is 8.18. The molecule has 7 heteroatoms. The standard InChI is InChI=1S/C39H33FN2O4/c40-34-24-14-13-23-32(34)38-27-45-35(33(38)25-44-37(42-38)41-36(43)28-15-5-1-6-16-28)26-46-39(29-17-7-2-8-18-29,30-19-9-3-10-20-30)31-21-11-4-12-22-31/h1-24,33,35H,25-27H2,(H,41,42,43)/t33?,35-,38?/m1/s1. The highest BCUT2D eigenvalue weighted by Gasteiger charge is 2.56. The molecule has 0 bridgehead atoms. The average Bonchev–Trinajstić information content (AvgIpc) is 3.49. The molecule has 2 aliphatic rings. The molecule has 3 atom stereocenters. The summed E-state index contributed by atoms with van der Waals surface area (Å²) in [7, 11) is 0. The van der Waals surface area contributed by atoms with E-state index < -0.39 is 29.0 Å². The van der Waals surface area contributed by atoms with Crippen molar-refractivity contribution >= 4 is 11.9 Å². The molecule has 1 saturated heterocycles. The first kappa shape index (κ1) is 29.6. The lowest BCUT2D eigenvalue weighted by atomic mass is 9.77. The van der Waals surface area contributed by atoms with Crippen molar-refractivity contribution in [1.82, 2.24) is 5.32 Å². The van der Waals surface area contributed by atoms with Gasteiger partial charge in [-0.2, -0.15) is 0 Å². The summed E-state index contributed by atoms with van der Waals surface area (Å²) in [4.78, 5) is 17.9. The Labute approximate surface area is 267 Å². The molecule has 0 aromatic heterocycles. The molecule has 6 nitrogen and oxygen atoms in total. The zero-order chi connectivity index (χ0) is 31.4. The van der Waals surface area contributed by atoms with Crippen LogP contribution in [0.2, 0.25) is 0 Å². The maximum Gasteiger partial charge on any atom is 0.292 e. The lowest BCUT2D eigenvalue weighted by Gasteiger charge is -2.39. The molecule has 2 heterocycles. The third-order valence-electron chi connectivity index (χ3n) is 8.88. The Balaban J connectivity index is 1.25. The Morgan fingerprint density at radius 1 is 0.783 bits per heavy atom. The van der Waals surface area contributed by atoms with Crippen molar-refractivity contribution in [3.05, 3.63) is 179 Å². The lowest BCUT2D eigenvalue weighted by molar-refractivity contribution is -0.0603. The lowest BCUT2D eigenvalue weighted by Crippen LogP contribution is -2.48. The van der Waals surface area contributed by atoms with Gasteiger partial charge in [-0.3, -0.25) is 10.1 Å². The molecule has 230 valence electrons. The zero-order valence-corrected chi connectivity index (χ0v) is 25.1. The van der Waals surface area contributed by atoms with Crippen molar-refractivity contribution in [1.29, 1.82) is 0 Å². The molecule has 7 rings (SSSR count). The van der Waals surface area contributed by atoms with E-state index in [0.717, 1.165) is 16.7 Å². The van der Waals surface area contributed by atoms with Crippen molar-refractivity contribution in [3.8, 4) is 0 Å². The first-order chi connectivity index (χ1) is 22.6. The number of aliphatic imine (C=N–C) groups is 1. The predicted octanol–water partition coefficient (Wildman–Crippen LogP) is 6.86. The smallest absolute Gasteiger partial charge is 0.292 e. The first-order valence-corrected chi connectivity index (χ1v) is 15.4. The van der Waals surface area contributed by atoms with Crippen LogP contribution < -0.4 is 5.32 Å². The van der Waals surface area contributed by atoms with Crippen LogP contribution in [0.3, 0.4) is 0 Å². The topological polar surface area (TPSA) is 69.2 Å². The van der Waals surface area contributed by atoms with Crippen molar-refractivity contribution in [2.45, 2.75) is 17.2 Å². The Hall–Kier alpha value is -5.11. The summed E-state index contributed by atoms with van der Waals surface area (Å²) in [6.07, 6.45) is -0.495. The third-order valence-corrected chi connectivity index (χ3v) is 8.88. The largest absolute Gasteiger partial charge is 0.464 e. The second kappa shape index (κ2) is 12.7. The summed E-state index contributed by atoms with van der Waals surface area (Å²) in [5, 5.41) is 2.78. The summed E-state index contributed by atoms with van der Waals surface area (Å²) in [6.45, 7) is 0.408. The molecule has 1 fully saturated rings. The molecule has 1 amide bonds. The molecule has 0 aliphatic carbocycles. The molecule has 0 radical (unpaired) electrons. The molecule has 1 N–H and O–H groups in total. The van der Waals surface area contributed by atoms with E-state index in [1.54, 1.807) is 42.5 Å². The second-order valence-electron chi connectivity index (χ2n) is 11.5. The maximum absolute atomic E-state index is 15.5. The van der Waals surface area contributed by atoms with Gasteiger partial charge < -0.3 is 14.2 Å². The number of amides is 1. The van der Waals surface area contributed by atoms with E-state index in [-0.39, 0.29) is 31.7 Å². The number of nitrogens with one attached hydrogen (secondary N) is 1. The van der Waals surface area contributed by atoms with Gasteiger partial charge in [-0.1, -0.05) is 127 Å². The molecule has 2 unspecified atom stereocenters. The fourth-order valence-corrected chi connectivity index (χ4v) is 6.62. The van der Waals surface area contributed by atoms with Gasteiger partial charge in [0.05, 0.1) is 31.8 Å². The minimum atomic E-state index is -1.13. The van der Waals surface area contributed by atoms with Gasteiger partial charge in [0.2, 0.25) is 0 Å². The summed E-state index contributed by atoms with van der Waals surface area (Å²) in [6, 6.07) is 45.8. The van der Waals surface area contributed by atoms with Crippen LogP contribution in [0.5, 0.6) is 0 Å². The van der Waals surface area contributed by atoms with Gasteiger partial charge in [0, 0.05) is 11.1 Å². The molecule has 5 aromatic carbocycles. The Bertz CT molecular complexity index is 1720. The molecule has 5 aromatic rings. The summed E-state index contributed by atoms with van der Waals surface area (Å²) in [5.41, 5.74) is 1.66. The average molecular weight is 613 g/mol. The molecular formula is C39H33FN2O4. The van der Waals surface area contributed by atoms with E-state index in [9.17, 15) is 4.79 Å². The zero-order valence-electron chi connectivity index (χ0n) is 25.1. The monoisotopic (exact) mass is 612 g/mol. The normalized spacial score (nSPS) is 20.7. The van der Waals surface area contributed by atoms with Crippen LogP contribution >= 0.6 is 0 Å². The molecule has 0 saturated carbocycles. The highest BCUT2D eigenvalue weighted by Crippen LogP contribution is 2.47. The number of rotatable bonds is 8. The van der Waals surface area contributed by atoms with Crippen LogP contribution in [0, 0.1) is 11.7 Å². The second-order valence-corrected chi connectivity index (χ2v) is 11.5. The quantitative estimate of drug-likeness (QED) is 0.195. The molecule has 46 heavy (non-hydrogen) atoms. The third kappa shape index (κ3) is 5.38. The Morgan fingerprint density at radius 3 is 1.87 bits per heavy atom. The fourth-order valence-electron chi connectivity index (χ4n) is 6.62. The van der Waals surface area contributed by atoms with E-state index in [0.29, 0.717) is 11.1 Å². The summed E-state index contributed by atoms with van der Waals surface area (Å²) in [5.74, 6) is -1.16. The SMILES string of the molecule is O=C(NC1=NC2(c3ccccc3F)CO[C@H](COC(c3ccccc3)(c3ccccc3)c3ccccc3)C2CO1)c1ccccc1. The summed E-state index contributed by atoms with van der Waals surface area (Å²) >= 11 is 0. The molecular weight excluding hydrogens is 579 g/mol. The van der Waals surface area contributed by atoms with Gasteiger partial charge in [0.1, 0.15) is 17.0 Å². The van der Waals surface area contributed by atoms with E-state index in [1.165, 1.54) is 6.07 Å². The number of amidine groups is 1. The minimum Gasteiger partial charge on any atom is -0.464 e. The van der Waals surface area contributed by atoms with E-state index in [1.807, 2.05) is 60.7 Å². The van der Waals surface area contributed by atoms with E-state index in [2.05, 4.69) is 41.7 Å². The van der Waals surface area contributed by atoms with Crippen molar-refractivity contribution in [2.75, 3.05) is 19.8 Å². The highest BCUT2D eigenvalue weighted by molar-refractivity contribution is 6.04. The number of halogens is 1. The number of ether oxygens (including phenoxy) is 3. The number of carbonyl (C=O) groups is 1. The van der Waals surface area contributed by atoms with E-state index in [4.69, 9.17) is 19.2 Å². The van der Waals surface area contributed by atoms with Crippen molar-refractivity contribution in [3.63, 3.8) is 0 Å². The molecule has 0 spiro atoms. The van der Waals surface area contributed by atoms with Crippen LogP contribution in [-0.4, -0.2) is 37.9 Å². The number of benzene rings is 5. The minimum absolute atomic E-state index is 0.0331. The van der Waals surface area contributed by atoms with Crippen molar-refractivity contribution < 1.29 is 23.4 Å². The van der Waals surface area contributed by atoms with Gasteiger partial charge in [0.15, 0.2) is 0 Å². The first-order valence-electron chi connectivity index (χ1n) is 15.4. The van der Waals surface area contributed by atoms with Crippen LogP contribution in [0.25, 0.3) is 0 Å². The number of fused-ring (bicyclic) bond motifs is 1. The Morgan fingerprint density at radius 2 is 1.30 bits per heavy atom. The predicted molar refractivity (Wildman–Crippen MR) is 174 cm³/mol.